The molecule has 28 heavy (non-hydrogen) atoms. The number of carbonyl (C=O) groups is 2. The first-order chi connectivity index (χ1) is 13.4. The third-order valence-electron chi connectivity index (χ3n) is 5.64. The highest BCUT2D eigenvalue weighted by Crippen LogP contribution is 2.38. The molecule has 0 radical (unpaired) electrons. The molecule has 0 aliphatic carbocycles. The summed E-state index contributed by atoms with van der Waals surface area (Å²) in [5.74, 6) is -0.0550. The molecule has 1 fully saturated rings. The lowest BCUT2D eigenvalue weighted by atomic mass is 9.90. The summed E-state index contributed by atoms with van der Waals surface area (Å²) >= 11 is 6.34. The van der Waals surface area contributed by atoms with Crippen LogP contribution in [-0.2, 0) is 13.0 Å². The maximum atomic E-state index is 12.9. The Morgan fingerprint density at radius 1 is 1.25 bits per heavy atom. The number of halogens is 1. The molecular formula is C21H22ClN3O3. The van der Waals surface area contributed by atoms with Crippen molar-refractivity contribution in [1.82, 2.24) is 14.8 Å². The highest BCUT2D eigenvalue weighted by atomic mass is 35.5. The van der Waals surface area contributed by atoms with Gasteiger partial charge in [0.25, 0.3) is 5.91 Å². The second-order valence-electron chi connectivity index (χ2n) is 7.43. The molecule has 1 atom stereocenters. The smallest absolute Gasteiger partial charge is 0.407 e. The number of aryl methyl sites for hydroxylation is 1. The van der Waals surface area contributed by atoms with Crippen molar-refractivity contribution in [2.24, 2.45) is 0 Å². The molecule has 2 aliphatic heterocycles. The zero-order chi connectivity index (χ0) is 19.8. The molecule has 2 aromatic rings. The van der Waals surface area contributed by atoms with E-state index in [1.807, 2.05) is 30.0 Å². The number of rotatable bonds is 2. The van der Waals surface area contributed by atoms with Crippen molar-refractivity contribution in [3.05, 3.63) is 63.4 Å². The fourth-order valence-electron chi connectivity index (χ4n) is 4.22. The average molecular weight is 400 g/mol. The number of pyridine rings is 1. The molecular weight excluding hydrogens is 378 g/mol. The molecule has 0 spiro atoms. The Hall–Kier alpha value is -2.60. The van der Waals surface area contributed by atoms with Crippen LogP contribution in [0.25, 0.3) is 0 Å². The largest absolute Gasteiger partial charge is 0.465 e. The summed E-state index contributed by atoms with van der Waals surface area (Å²) in [5, 5.41) is 10.2. The lowest BCUT2D eigenvalue weighted by Crippen LogP contribution is -2.37. The molecule has 1 aromatic carbocycles. The van der Waals surface area contributed by atoms with E-state index < -0.39 is 6.09 Å². The van der Waals surface area contributed by atoms with Crippen molar-refractivity contribution in [1.29, 1.82) is 0 Å². The maximum Gasteiger partial charge on any atom is 0.407 e. The van der Waals surface area contributed by atoms with Crippen LogP contribution < -0.4 is 0 Å². The van der Waals surface area contributed by atoms with Gasteiger partial charge >= 0.3 is 6.09 Å². The molecule has 146 valence electrons. The Bertz CT molecular complexity index is 929. The zero-order valence-electron chi connectivity index (χ0n) is 15.7. The Morgan fingerprint density at radius 2 is 2.07 bits per heavy atom. The monoisotopic (exact) mass is 399 g/mol. The van der Waals surface area contributed by atoms with Gasteiger partial charge in [-0.25, -0.2) is 4.79 Å². The molecule has 2 amide bonds. The van der Waals surface area contributed by atoms with E-state index in [9.17, 15) is 14.7 Å². The van der Waals surface area contributed by atoms with Crippen LogP contribution in [0.3, 0.4) is 0 Å². The number of benzene rings is 1. The van der Waals surface area contributed by atoms with Gasteiger partial charge in [0.1, 0.15) is 0 Å². The van der Waals surface area contributed by atoms with Crippen LogP contribution >= 0.6 is 11.6 Å². The first-order valence-electron chi connectivity index (χ1n) is 9.46. The zero-order valence-corrected chi connectivity index (χ0v) is 16.4. The summed E-state index contributed by atoms with van der Waals surface area (Å²) < 4.78 is 0. The fraction of sp³-hybridized carbons (Fsp3) is 0.381. The minimum Gasteiger partial charge on any atom is -0.465 e. The van der Waals surface area contributed by atoms with Crippen LogP contribution in [0.2, 0.25) is 5.02 Å². The molecule has 1 N–H and O–H groups in total. The molecule has 0 unspecified atom stereocenters. The molecule has 0 bridgehead atoms. The van der Waals surface area contributed by atoms with Crippen LogP contribution in [0.5, 0.6) is 0 Å². The molecule has 6 nitrogen and oxygen atoms in total. The van der Waals surface area contributed by atoms with E-state index >= 15 is 0 Å². The summed E-state index contributed by atoms with van der Waals surface area (Å²) in [7, 11) is 0. The van der Waals surface area contributed by atoms with Crippen molar-refractivity contribution in [3.8, 4) is 0 Å². The third-order valence-corrected chi connectivity index (χ3v) is 5.86. The quantitative estimate of drug-likeness (QED) is 0.826. The second kappa shape index (κ2) is 7.43. The SMILES string of the molecule is Cc1ccc(C(=O)N2CCc3cc(Cl)cc([C@@H]4CCCN4C(=O)O)c3C2)cn1. The molecule has 1 saturated heterocycles. The Labute approximate surface area is 168 Å². The van der Waals surface area contributed by atoms with Crippen molar-refractivity contribution in [2.45, 2.75) is 38.8 Å². The number of hydrogen-bond acceptors (Lipinski definition) is 3. The third kappa shape index (κ3) is 3.44. The molecule has 0 saturated carbocycles. The first kappa shape index (κ1) is 18.7. The highest BCUT2D eigenvalue weighted by Gasteiger charge is 2.34. The number of fused-ring (bicyclic) bond motifs is 1. The van der Waals surface area contributed by atoms with E-state index in [-0.39, 0.29) is 11.9 Å². The number of aromatic nitrogens is 1. The lowest BCUT2D eigenvalue weighted by molar-refractivity contribution is 0.0732. The van der Waals surface area contributed by atoms with Crippen LogP contribution in [0.1, 0.15) is 51.6 Å². The van der Waals surface area contributed by atoms with Crippen molar-refractivity contribution in [2.75, 3.05) is 13.1 Å². The van der Waals surface area contributed by atoms with Crippen molar-refractivity contribution >= 4 is 23.6 Å². The number of carbonyl (C=O) groups excluding carboxylic acids is 1. The minimum absolute atomic E-state index is 0.0550. The lowest BCUT2D eigenvalue weighted by Gasteiger charge is -2.33. The minimum atomic E-state index is -0.911. The predicted molar refractivity (Wildman–Crippen MR) is 106 cm³/mol. The standard InChI is InChI=1S/C21H22ClN3O3/c1-13-4-5-15(11-23-13)20(26)24-8-6-14-9-16(22)10-17(18(14)12-24)19-3-2-7-25(19)21(27)28/h4-5,9-11,19H,2-3,6-8,12H2,1H3,(H,27,28)/t19-/m0/s1. The maximum absolute atomic E-state index is 12.9. The summed E-state index contributed by atoms with van der Waals surface area (Å²) in [6.45, 7) is 3.47. The molecule has 2 aliphatic rings. The van der Waals surface area contributed by atoms with Gasteiger partial charge in [-0.15, -0.1) is 0 Å². The molecule has 1 aromatic heterocycles. The van der Waals surface area contributed by atoms with E-state index in [1.165, 1.54) is 4.90 Å². The van der Waals surface area contributed by atoms with Gasteiger partial charge in [0.05, 0.1) is 11.6 Å². The van der Waals surface area contributed by atoms with Gasteiger partial charge in [0.2, 0.25) is 0 Å². The van der Waals surface area contributed by atoms with Gasteiger partial charge in [0.15, 0.2) is 0 Å². The van der Waals surface area contributed by atoms with E-state index in [0.29, 0.717) is 36.6 Å². The average Bonchev–Trinajstić information content (AvgIpc) is 3.17. The van der Waals surface area contributed by atoms with Crippen molar-refractivity contribution in [3.63, 3.8) is 0 Å². The highest BCUT2D eigenvalue weighted by molar-refractivity contribution is 6.30. The second-order valence-corrected chi connectivity index (χ2v) is 7.87. The summed E-state index contributed by atoms with van der Waals surface area (Å²) in [5.41, 5.74) is 4.50. The van der Waals surface area contributed by atoms with Crippen LogP contribution in [0, 0.1) is 6.92 Å². The first-order valence-corrected chi connectivity index (χ1v) is 9.84. The van der Waals surface area contributed by atoms with E-state index in [4.69, 9.17) is 11.6 Å². The Morgan fingerprint density at radius 3 is 2.79 bits per heavy atom. The number of nitrogens with zero attached hydrogens (tertiary/aromatic N) is 3. The summed E-state index contributed by atoms with van der Waals surface area (Å²) in [6, 6.07) is 7.23. The van der Waals surface area contributed by atoms with Crippen LogP contribution in [-0.4, -0.2) is 45.0 Å². The van der Waals surface area contributed by atoms with Crippen LogP contribution in [0.15, 0.2) is 30.5 Å². The van der Waals surface area contributed by atoms with E-state index in [2.05, 4.69) is 4.98 Å². The molecule has 7 heteroatoms. The molecule has 4 rings (SSSR count). The van der Waals surface area contributed by atoms with Gasteiger partial charge in [0, 0.05) is 36.5 Å². The van der Waals surface area contributed by atoms with Gasteiger partial charge in [-0.1, -0.05) is 11.6 Å². The number of likely N-dealkylation sites (tertiary alicyclic amines) is 1. The Kier molecular flexibility index (Phi) is 4.98. The Balaban J connectivity index is 1.66. The van der Waals surface area contributed by atoms with Gasteiger partial charge in [-0.05, 0) is 67.1 Å². The van der Waals surface area contributed by atoms with Crippen molar-refractivity contribution < 1.29 is 14.7 Å². The summed E-state index contributed by atoms with van der Waals surface area (Å²) in [4.78, 5) is 32.1. The topological polar surface area (TPSA) is 73.7 Å². The molecule has 3 heterocycles. The number of hydrogen-bond donors (Lipinski definition) is 1. The van der Waals surface area contributed by atoms with Gasteiger partial charge < -0.3 is 14.9 Å². The summed E-state index contributed by atoms with van der Waals surface area (Å²) in [6.07, 6.45) is 3.00. The van der Waals surface area contributed by atoms with E-state index in [1.54, 1.807) is 12.3 Å². The van der Waals surface area contributed by atoms with Gasteiger partial charge in [-0.3, -0.25) is 9.78 Å². The normalized spacial score (nSPS) is 18.9. The predicted octanol–water partition coefficient (Wildman–Crippen LogP) is 4.06. The van der Waals surface area contributed by atoms with Crippen LogP contribution in [0.4, 0.5) is 4.79 Å². The number of carboxylic acid groups (broad SMARTS) is 1. The fourth-order valence-corrected chi connectivity index (χ4v) is 4.47. The van der Waals surface area contributed by atoms with Gasteiger partial charge in [-0.2, -0.15) is 0 Å². The van der Waals surface area contributed by atoms with E-state index in [0.717, 1.165) is 35.2 Å². The number of amides is 2.